The number of carbonyl (C=O) groups excluding carboxylic acids is 2. The highest BCUT2D eigenvalue weighted by Gasteiger charge is 2.29. The molecule has 2 aromatic carbocycles. The van der Waals surface area contributed by atoms with E-state index in [-0.39, 0.29) is 21.4 Å². The van der Waals surface area contributed by atoms with Crippen molar-refractivity contribution < 1.29 is 22.7 Å². The van der Waals surface area contributed by atoms with Crippen LogP contribution in [0, 0.1) is 0 Å². The van der Waals surface area contributed by atoms with Crippen LogP contribution in [-0.2, 0) is 19.6 Å². The molecule has 7 nitrogen and oxygen atoms in total. The summed E-state index contributed by atoms with van der Waals surface area (Å²) in [5, 5.41) is 5.09. The Hall–Kier alpha value is -2.42. The highest BCUT2D eigenvalue weighted by atomic mass is 35.5. The monoisotopic (exact) mass is 424 g/mol. The van der Waals surface area contributed by atoms with Crippen LogP contribution in [0.2, 0.25) is 5.02 Å². The number of carbonyl (C=O) groups is 2. The van der Waals surface area contributed by atoms with Crippen molar-refractivity contribution in [3.05, 3.63) is 64.7 Å². The fourth-order valence-corrected chi connectivity index (χ4v) is 3.33. The van der Waals surface area contributed by atoms with Crippen molar-refractivity contribution in [1.82, 2.24) is 4.90 Å². The number of hydrogen-bond donors (Lipinski definition) is 1. The summed E-state index contributed by atoms with van der Waals surface area (Å²) in [5.41, 5.74) is 0.299. The molecule has 0 aliphatic rings. The number of likely N-dealkylation sites (N-methyl/N-ethyl adjacent to an activating group) is 1. The number of rotatable bonds is 7. The van der Waals surface area contributed by atoms with Gasteiger partial charge in [-0.25, -0.2) is 18.4 Å². The van der Waals surface area contributed by atoms with Crippen LogP contribution in [-0.4, -0.2) is 38.3 Å². The summed E-state index contributed by atoms with van der Waals surface area (Å²) in [4.78, 5) is 26.9. The van der Waals surface area contributed by atoms with Crippen LogP contribution in [0.3, 0.4) is 0 Å². The lowest BCUT2D eigenvalue weighted by atomic mass is 10.1. The van der Waals surface area contributed by atoms with Gasteiger partial charge in [-0.1, -0.05) is 41.9 Å². The van der Waals surface area contributed by atoms with Gasteiger partial charge in [0.2, 0.25) is 16.1 Å². The average Bonchev–Trinajstić information content (AvgIpc) is 2.66. The molecule has 0 fully saturated rings. The number of nitrogens with two attached hydrogens (primary N) is 1. The number of esters is 1. The molecule has 2 N–H and O–H groups in total. The van der Waals surface area contributed by atoms with Crippen molar-refractivity contribution in [3.8, 4) is 0 Å². The summed E-state index contributed by atoms with van der Waals surface area (Å²) in [6.07, 6.45) is -1.19. The van der Waals surface area contributed by atoms with Gasteiger partial charge in [0.05, 0.1) is 15.5 Å². The van der Waals surface area contributed by atoms with Crippen LogP contribution < -0.4 is 5.14 Å². The molecule has 0 radical (unpaired) electrons. The molecule has 0 aliphatic carbocycles. The number of primary sulfonamides is 1. The second-order valence-electron chi connectivity index (χ2n) is 5.89. The van der Waals surface area contributed by atoms with Crippen LogP contribution in [0.5, 0.6) is 0 Å². The number of amides is 1. The number of nitrogens with zero attached hydrogens (tertiary/aromatic N) is 1. The van der Waals surface area contributed by atoms with Crippen molar-refractivity contribution in [3.63, 3.8) is 0 Å². The molecule has 0 spiro atoms. The Morgan fingerprint density at radius 3 is 2.25 bits per heavy atom. The van der Waals surface area contributed by atoms with Gasteiger partial charge in [-0.3, -0.25) is 4.79 Å². The average molecular weight is 425 g/mol. The molecule has 150 valence electrons. The molecular formula is C19H21ClN2O5S. The van der Waals surface area contributed by atoms with Crippen LogP contribution in [0.25, 0.3) is 0 Å². The maximum absolute atomic E-state index is 12.9. The topological polar surface area (TPSA) is 107 Å². The summed E-state index contributed by atoms with van der Waals surface area (Å²) in [6, 6.07) is 12.0. The Morgan fingerprint density at radius 1 is 1.11 bits per heavy atom. The lowest BCUT2D eigenvalue weighted by Crippen LogP contribution is -2.36. The molecule has 0 bridgehead atoms. The molecule has 1 amide bonds. The molecule has 1 unspecified atom stereocenters. The van der Waals surface area contributed by atoms with E-state index in [0.29, 0.717) is 18.7 Å². The quantitative estimate of drug-likeness (QED) is 0.687. The second-order valence-corrected chi connectivity index (χ2v) is 7.86. The highest BCUT2D eigenvalue weighted by Crippen LogP contribution is 2.26. The van der Waals surface area contributed by atoms with Gasteiger partial charge in [0, 0.05) is 18.7 Å². The smallest absolute Gasteiger partial charge is 0.340 e. The van der Waals surface area contributed by atoms with E-state index >= 15 is 0 Å². The minimum absolute atomic E-state index is 0.0144. The van der Waals surface area contributed by atoms with Gasteiger partial charge < -0.3 is 9.64 Å². The van der Waals surface area contributed by atoms with E-state index < -0.39 is 22.1 Å². The van der Waals surface area contributed by atoms with Crippen molar-refractivity contribution >= 4 is 33.5 Å². The van der Waals surface area contributed by atoms with Crippen molar-refractivity contribution in [2.75, 3.05) is 13.1 Å². The predicted octanol–water partition coefficient (Wildman–Crippen LogP) is 2.75. The summed E-state index contributed by atoms with van der Waals surface area (Å²) >= 11 is 6.04. The highest BCUT2D eigenvalue weighted by molar-refractivity contribution is 7.89. The third-order valence-electron chi connectivity index (χ3n) is 4.11. The molecule has 2 rings (SSSR count). The molecule has 9 heteroatoms. The van der Waals surface area contributed by atoms with Crippen LogP contribution >= 0.6 is 11.6 Å². The number of ether oxygens (including phenoxy) is 1. The van der Waals surface area contributed by atoms with E-state index in [2.05, 4.69) is 0 Å². The summed E-state index contributed by atoms with van der Waals surface area (Å²) in [6.45, 7) is 4.52. The minimum Gasteiger partial charge on any atom is -0.444 e. The van der Waals surface area contributed by atoms with Crippen LogP contribution in [0.15, 0.2) is 53.4 Å². The number of halogens is 1. The van der Waals surface area contributed by atoms with Gasteiger partial charge >= 0.3 is 5.97 Å². The molecule has 0 aromatic heterocycles. The standard InChI is InChI=1S/C19H21ClN2O5S/c1-3-22(4-2)18(23)17(13-8-6-5-7-9-13)27-19(24)15-12-14(28(21,25)26)10-11-16(15)20/h5-12,17H,3-4H2,1-2H3,(H2,21,25,26). The Bertz CT molecular complexity index is 960. The molecule has 0 saturated carbocycles. The summed E-state index contributed by atoms with van der Waals surface area (Å²) in [5.74, 6) is -1.31. The van der Waals surface area contributed by atoms with Crippen molar-refractivity contribution in [2.24, 2.45) is 5.14 Å². The zero-order chi connectivity index (χ0) is 20.9. The van der Waals surface area contributed by atoms with E-state index in [1.807, 2.05) is 13.8 Å². The molecule has 0 saturated heterocycles. The maximum atomic E-state index is 12.9. The molecule has 28 heavy (non-hydrogen) atoms. The zero-order valence-electron chi connectivity index (χ0n) is 15.5. The number of hydrogen-bond acceptors (Lipinski definition) is 5. The molecule has 0 heterocycles. The van der Waals surface area contributed by atoms with E-state index in [4.69, 9.17) is 21.5 Å². The normalized spacial score (nSPS) is 12.3. The molecule has 1 atom stereocenters. The number of benzene rings is 2. The lowest BCUT2D eigenvalue weighted by molar-refractivity contribution is -0.140. The Kier molecular flexibility index (Phi) is 7.17. The van der Waals surface area contributed by atoms with Crippen LogP contribution in [0.1, 0.15) is 35.9 Å². The van der Waals surface area contributed by atoms with Gasteiger partial charge in [-0.05, 0) is 32.0 Å². The second kappa shape index (κ2) is 9.18. The van der Waals surface area contributed by atoms with E-state index in [1.54, 1.807) is 30.3 Å². The Labute approximate surface area is 169 Å². The van der Waals surface area contributed by atoms with Crippen LogP contribution in [0.4, 0.5) is 0 Å². The predicted molar refractivity (Wildman–Crippen MR) is 105 cm³/mol. The fourth-order valence-electron chi connectivity index (χ4n) is 2.60. The zero-order valence-corrected chi connectivity index (χ0v) is 17.0. The van der Waals surface area contributed by atoms with E-state index in [9.17, 15) is 18.0 Å². The first kappa shape index (κ1) is 21.9. The SMILES string of the molecule is CCN(CC)C(=O)C(OC(=O)c1cc(S(N)(=O)=O)ccc1Cl)c1ccccc1. The first-order valence-electron chi connectivity index (χ1n) is 8.56. The number of sulfonamides is 1. The first-order valence-corrected chi connectivity index (χ1v) is 10.5. The first-order chi connectivity index (χ1) is 13.2. The van der Waals surface area contributed by atoms with Crippen molar-refractivity contribution in [1.29, 1.82) is 0 Å². The van der Waals surface area contributed by atoms with E-state index in [0.717, 1.165) is 6.07 Å². The van der Waals surface area contributed by atoms with Gasteiger partial charge in [0.1, 0.15) is 0 Å². The molecule has 0 aliphatic heterocycles. The molecular weight excluding hydrogens is 404 g/mol. The lowest BCUT2D eigenvalue weighted by Gasteiger charge is -2.25. The minimum atomic E-state index is -4.04. The third kappa shape index (κ3) is 5.09. The van der Waals surface area contributed by atoms with Gasteiger partial charge in [-0.2, -0.15) is 0 Å². The third-order valence-corrected chi connectivity index (χ3v) is 5.35. The summed E-state index contributed by atoms with van der Waals surface area (Å²) in [7, 11) is -4.04. The Morgan fingerprint density at radius 2 is 1.71 bits per heavy atom. The van der Waals surface area contributed by atoms with Gasteiger partial charge in [0.25, 0.3) is 5.91 Å². The van der Waals surface area contributed by atoms with Crippen molar-refractivity contribution in [2.45, 2.75) is 24.8 Å². The Balaban J connectivity index is 2.42. The van der Waals surface area contributed by atoms with Gasteiger partial charge in [-0.15, -0.1) is 0 Å². The van der Waals surface area contributed by atoms with Gasteiger partial charge in [0.15, 0.2) is 0 Å². The maximum Gasteiger partial charge on any atom is 0.340 e. The largest absolute Gasteiger partial charge is 0.444 e. The summed E-state index contributed by atoms with van der Waals surface area (Å²) < 4.78 is 28.6. The van der Waals surface area contributed by atoms with E-state index in [1.165, 1.54) is 17.0 Å². The molecule has 2 aromatic rings. The fraction of sp³-hybridized carbons (Fsp3) is 0.263.